The number of methoxy groups -OCH3 is 1. The number of rotatable bonds is 4. The Morgan fingerprint density at radius 2 is 1.72 bits per heavy atom. The highest BCUT2D eigenvalue weighted by molar-refractivity contribution is 6.14. The lowest BCUT2D eigenvalue weighted by Crippen LogP contribution is -2.36. The molecule has 0 aromatic heterocycles. The highest BCUT2D eigenvalue weighted by Gasteiger charge is 2.29. The minimum atomic E-state index is 0. The van der Waals surface area contributed by atoms with E-state index in [1.807, 2.05) is 68.5 Å². The number of likely N-dealkylation sites (N-methyl/N-ethyl adjacent to an activating group) is 1. The van der Waals surface area contributed by atoms with Gasteiger partial charge in [-0.3, -0.25) is 4.79 Å². The van der Waals surface area contributed by atoms with E-state index in [2.05, 4.69) is 9.80 Å². The molecule has 2 aromatic rings. The Labute approximate surface area is 155 Å². The molecule has 134 valence electrons. The zero-order valence-electron chi connectivity index (χ0n) is 15.0. The summed E-state index contributed by atoms with van der Waals surface area (Å²) in [4.78, 5) is 19.3. The summed E-state index contributed by atoms with van der Waals surface area (Å²) >= 11 is 0. The van der Waals surface area contributed by atoms with Gasteiger partial charge in [-0.15, -0.1) is 12.4 Å². The first-order chi connectivity index (χ1) is 11.5. The van der Waals surface area contributed by atoms with E-state index in [0.29, 0.717) is 17.9 Å². The number of anilines is 3. The van der Waals surface area contributed by atoms with Crippen molar-refractivity contribution >= 4 is 35.4 Å². The molecule has 0 saturated heterocycles. The number of para-hydroxylation sites is 2. The van der Waals surface area contributed by atoms with Crippen LogP contribution < -0.4 is 14.5 Å². The maximum Gasteiger partial charge on any atom is 0.260 e. The van der Waals surface area contributed by atoms with Gasteiger partial charge in [-0.1, -0.05) is 12.1 Å². The van der Waals surface area contributed by atoms with Crippen molar-refractivity contribution in [3.63, 3.8) is 0 Å². The Balaban J connectivity index is 0.00000225. The van der Waals surface area contributed by atoms with Crippen molar-refractivity contribution in [1.82, 2.24) is 4.90 Å². The SMILES string of the molecule is COc1ccc2c(c1)C(=O)N(CCN(C)C)c1ccccc1N2C.Cl. The molecule has 0 bridgehead atoms. The molecule has 5 nitrogen and oxygen atoms in total. The molecular weight excluding hydrogens is 338 g/mol. The lowest BCUT2D eigenvalue weighted by Gasteiger charge is -2.25. The maximum absolute atomic E-state index is 13.3. The molecule has 2 aromatic carbocycles. The number of hydrogen-bond donors (Lipinski definition) is 0. The monoisotopic (exact) mass is 361 g/mol. The first-order valence-corrected chi connectivity index (χ1v) is 8.00. The fourth-order valence-electron chi connectivity index (χ4n) is 2.99. The van der Waals surface area contributed by atoms with Gasteiger partial charge in [0.2, 0.25) is 0 Å². The molecule has 25 heavy (non-hydrogen) atoms. The summed E-state index contributed by atoms with van der Waals surface area (Å²) in [5, 5.41) is 0. The van der Waals surface area contributed by atoms with Crippen LogP contribution in [0.2, 0.25) is 0 Å². The molecule has 0 unspecified atom stereocenters. The normalized spacial score (nSPS) is 13.1. The van der Waals surface area contributed by atoms with Crippen LogP contribution in [0.1, 0.15) is 10.4 Å². The molecule has 1 amide bonds. The van der Waals surface area contributed by atoms with Crippen LogP contribution in [0.15, 0.2) is 42.5 Å². The fraction of sp³-hybridized carbons (Fsp3) is 0.316. The van der Waals surface area contributed by atoms with Gasteiger partial charge < -0.3 is 19.4 Å². The molecule has 0 saturated carbocycles. The van der Waals surface area contributed by atoms with E-state index in [-0.39, 0.29) is 18.3 Å². The van der Waals surface area contributed by atoms with Crippen molar-refractivity contribution in [3.05, 3.63) is 48.0 Å². The van der Waals surface area contributed by atoms with Crippen molar-refractivity contribution in [1.29, 1.82) is 0 Å². The second kappa shape index (κ2) is 7.76. The van der Waals surface area contributed by atoms with E-state index in [9.17, 15) is 4.79 Å². The molecule has 1 heterocycles. The first kappa shape index (κ1) is 19.1. The lowest BCUT2D eigenvalue weighted by molar-refractivity contribution is 0.0986. The largest absolute Gasteiger partial charge is 0.497 e. The van der Waals surface area contributed by atoms with Crippen molar-refractivity contribution in [2.75, 3.05) is 51.1 Å². The van der Waals surface area contributed by atoms with E-state index in [4.69, 9.17) is 4.74 Å². The van der Waals surface area contributed by atoms with Crippen LogP contribution in [0.4, 0.5) is 17.1 Å². The third-order valence-corrected chi connectivity index (χ3v) is 4.35. The summed E-state index contributed by atoms with van der Waals surface area (Å²) < 4.78 is 5.32. The van der Waals surface area contributed by atoms with Gasteiger partial charge in [0, 0.05) is 20.1 Å². The van der Waals surface area contributed by atoms with E-state index in [1.165, 1.54) is 0 Å². The maximum atomic E-state index is 13.3. The van der Waals surface area contributed by atoms with Crippen LogP contribution in [0.3, 0.4) is 0 Å². The molecule has 0 spiro atoms. The highest BCUT2D eigenvalue weighted by atomic mass is 35.5. The molecule has 0 aliphatic carbocycles. The first-order valence-electron chi connectivity index (χ1n) is 8.00. The Kier molecular flexibility index (Phi) is 5.93. The number of carbonyl (C=O) groups excluding carboxylic acids is 1. The van der Waals surface area contributed by atoms with Gasteiger partial charge >= 0.3 is 0 Å². The number of amides is 1. The molecule has 0 atom stereocenters. The van der Waals surface area contributed by atoms with E-state index >= 15 is 0 Å². The predicted octanol–water partition coefficient (Wildman–Crippen LogP) is 3.41. The van der Waals surface area contributed by atoms with Crippen LogP contribution in [-0.2, 0) is 0 Å². The zero-order chi connectivity index (χ0) is 17.3. The second-order valence-electron chi connectivity index (χ2n) is 6.19. The van der Waals surface area contributed by atoms with Gasteiger partial charge in [0.05, 0.1) is 29.7 Å². The van der Waals surface area contributed by atoms with Crippen molar-refractivity contribution < 1.29 is 9.53 Å². The Hall–Kier alpha value is -2.24. The molecule has 0 fully saturated rings. The average Bonchev–Trinajstić information content (AvgIpc) is 2.68. The Morgan fingerprint density at radius 3 is 2.36 bits per heavy atom. The molecular formula is C19H24ClN3O2. The van der Waals surface area contributed by atoms with Crippen LogP contribution in [0.25, 0.3) is 0 Å². The standard InChI is InChI=1S/C19H23N3O2.ClH/c1-20(2)11-12-22-18-8-6-5-7-17(18)21(3)16-10-9-14(24-4)13-15(16)19(22)23;/h5-10,13H,11-12H2,1-4H3;1H. The van der Waals surface area contributed by atoms with E-state index in [0.717, 1.165) is 23.6 Å². The molecule has 0 N–H and O–H groups in total. The number of carbonyl (C=O) groups is 1. The third kappa shape index (κ3) is 3.57. The number of benzene rings is 2. The van der Waals surface area contributed by atoms with Crippen LogP contribution >= 0.6 is 12.4 Å². The predicted molar refractivity (Wildman–Crippen MR) is 105 cm³/mol. The number of nitrogens with zero attached hydrogens (tertiary/aromatic N) is 3. The van der Waals surface area contributed by atoms with Crippen LogP contribution in [0, 0.1) is 0 Å². The van der Waals surface area contributed by atoms with Crippen LogP contribution in [-0.4, -0.2) is 52.1 Å². The number of ether oxygens (including phenoxy) is 1. The molecule has 1 aliphatic heterocycles. The fourth-order valence-corrected chi connectivity index (χ4v) is 2.99. The molecule has 0 radical (unpaired) electrons. The minimum absolute atomic E-state index is 0. The quantitative estimate of drug-likeness (QED) is 0.836. The van der Waals surface area contributed by atoms with Gasteiger partial charge in [0.25, 0.3) is 5.91 Å². The van der Waals surface area contributed by atoms with Crippen molar-refractivity contribution in [3.8, 4) is 5.75 Å². The van der Waals surface area contributed by atoms with Gasteiger partial charge in [-0.25, -0.2) is 0 Å². The summed E-state index contributed by atoms with van der Waals surface area (Å²) in [6, 6.07) is 13.7. The Bertz CT molecular complexity index is 764. The summed E-state index contributed by atoms with van der Waals surface area (Å²) in [5.74, 6) is 0.691. The summed E-state index contributed by atoms with van der Waals surface area (Å²) in [7, 11) is 7.63. The van der Waals surface area contributed by atoms with Gasteiger partial charge in [-0.05, 0) is 44.4 Å². The average molecular weight is 362 g/mol. The summed E-state index contributed by atoms with van der Waals surface area (Å²) in [6.45, 7) is 1.43. The second-order valence-corrected chi connectivity index (χ2v) is 6.19. The van der Waals surface area contributed by atoms with Crippen molar-refractivity contribution in [2.24, 2.45) is 0 Å². The minimum Gasteiger partial charge on any atom is -0.497 e. The summed E-state index contributed by atoms with van der Waals surface area (Å²) in [6.07, 6.45) is 0. The number of fused-ring (bicyclic) bond motifs is 2. The topological polar surface area (TPSA) is 36.0 Å². The lowest BCUT2D eigenvalue weighted by atomic mass is 10.1. The highest BCUT2D eigenvalue weighted by Crippen LogP contribution is 2.40. The number of hydrogen-bond acceptors (Lipinski definition) is 4. The van der Waals surface area contributed by atoms with Crippen LogP contribution in [0.5, 0.6) is 5.75 Å². The molecule has 6 heteroatoms. The van der Waals surface area contributed by atoms with E-state index < -0.39 is 0 Å². The summed E-state index contributed by atoms with van der Waals surface area (Å²) in [5.41, 5.74) is 3.50. The molecule has 1 aliphatic rings. The molecule has 3 rings (SSSR count). The van der Waals surface area contributed by atoms with E-state index in [1.54, 1.807) is 7.11 Å². The number of halogens is 1. The zero-order valence-corrected chi connectivity index (χ0v) is 15.8. The smallest absolute Gasteiger partial charge is 0.260 e. The van der Waals surface area contributed by atoms with Gasteiger partial charge in [0.15, 0.2) is 0 Å². The van der Waals surface area contributed by atoms with Gasteiger partial charge in [-0.2, -0.15) is 0 Å². The Morgan fingerprint density at radius 1 is 1.04 bits per heavy atom. The van der Waals surface area contributed by atoms with Crippen molar-refractivity contribution in [2.45, 2.75) is 0 Å². The third-order valence-electron chi connectivity index (χ3n) is 4.35. The van der Waals surface area contributed by atoms with Gasteiger partial charge in [0.1, 0.15) is 5.75 Å².